The molecule has 140 valence electrons. The molecule has 1 unspecified atom stereocenters. The summed E-state index contributed by atoms with van der Waals surface area (Å²) in [5.74, 6) is 0.198. The maximum atomic E-state index is 12.8. The number of carbonyl (C=O) groups excluding carboxylic acids is 2. The molecule has 2 amide bonds. The highest BCUT2D eigenvalue weighted by Gasteiger charge is 2.42. The maximum absolute atomic E-state index is 12.8. The quantitative estimate of drug-likeness (QED) is 0.751. The summed E-state index contributed by atoms with van der Waals surface area (Å²) < 4.78 is 5.20. The molecule has 4 rings (SSSR count). The van der Waals surface area contributed by atoms with E-state index in [2.05, 4.69) is 0 Å². The van der Waals surface area contributed by atoms with Crippen LogP contribution in [0.25, 0.3) is 0 Å². The second-order valence-electron chi connectivity index (χ2n) is 6.97. The Bertz CT molecular complexity index is 869. The number of amides is 2. The Hall–Kier alpha value is -2.08. The van der Waals surface area contributed by atoms with Gasteiger partial charge in [-0.05, 0) is 36.4 Å². The summed E-state index contributed by atoms with van der Waals surface area (Å²) in [7, 11) is 1.64. The maximum Gasteiger partial charge on any atom is 0.266 e. The van der Waals surface area contributed by atoms with Crippen LogP contribution in [0.3, 0.4) is 0 Å². The Morgan fingerprint density at radius 1 is 1.04 bits per heavy atom. The zero-order valence-corrected chi connectivity index (χ0v) is 16.3. The highest BCUT2D eigenvalue weighted by atomic mass is 35.5. The van der Waals surface area contributed by atoms with Crippen molar-refractivity contribution in [3.05, 3.63) is 63.1 Å². The molecule has 7 heteroatoms. The predicted octanol–water partition coefficient (Wildman–Crippen LogP) is 2.80. The molecule has 2 aromatic carbocycles. The number of ether oxygens (including phenoxy) is 1. The van der Waals surface area contributed by atoms with Crippen molar-refractivity contribution >= 4 is 35.0 Å². The second-order valence-corrected chi connectivity index (χ2v) is 7.78. The monoisotopic (exact) mass is 405 g/mol. The third-order valence-electron chi connectivity index (χ3n) is 5.12. The van der Waals surface area contributed by atoms with Crippen molar-refractivity contribution in [2.24, 2.45) is 0 Å². The summed E-state index contributed by atoms with van der Waals surface area (Å²) in [4.78, 5) is 28.0. The van der Waals surface area contributed by atoms with Crippen LogP contribution in [0.4, 0.5) is 0 Å². The van der Waals surface area contributed by atoms with Crippen molar-refractivity contribution < 1.29 is 19.2 Å². The van der Waals surface area contributed by atoms with Gasteiger partial charge in [-0.2, -0.15) is 0 Å². The number of hydrogen-bond acceptors (Lipinski definition) is 3. The molecular formula is C20H19Cl2N2O3+. The van der Waals surface area contributed by atoms with Gasteiger partial charge in [-0.3, -0.25) is 9.59 Å². The highest BCUT2D eigenvalue weighted by Crippen LogP contribution is 2.31. The summed E-state index contributed by atoms with van der Waals surface area (Å²) in [6.07, 6.45) is 2.21. The molecule has 2 aromatic rings. The number of nitrogens with one attached hydrogen (secondary N) is 1. The third-order valence-corrected chi connectivity index (χ3v) is 5.84. The molecule has 1 heterocycles. The fourth-order valence-electron chi connectivity index (χ4n) is 3.46. The minimum Gasteiger partial charge on any atom is -0.497 e. The Labute approximate surface area is 167 Å². The Morgan fingerprint density at radius 3 is 2.07 bits per heavy atom. The zero-order chi connectivity index (χ0) is 19.1. The van der Waals surface area contributed by atoms with Crippen LogP contribution in [0, 0.1) is 0 Å². The Balaban J connectivity index is 1.54. The molecule has 1 fully saturated rings. The number of rotatable bonds is 6. The van der Waals surface area contributed by atoms with E-state index in [1.165, 1.54) is 21.9 Å². The van der Waals surface area contributed by atoms with E-state index in [1.54, 1.807) is 7.11 Å². The van der Waals surface area contributed by atoms with Gasteiger partial charge in [0, 0.05) is 18.4 Å². The number of fused-ring (bicyclic) bond motifs is 1. The van der Waals surface area contributed by atoms with Gasteiger partial charge in [0.25, 0.3) is 11.8 Å². The molecule has 5 nitrogen and oxygen atoms in total. The van der Waals surface area contributed by atoms with Gasteiger partial charge in [0.1, 0.15) is 12.3 Å². The molecule has 1 aliphatic carbocycles. The van der Waals surface area contributed by atoms with Gasteiger partial charge in [-0.25, -0.2) is 4.90 Å². The first-order chi connectivity index (χ1) is 13.0. The van der Waals surface area contributed by atoms with Crippen molar-refractivity contribution in [1.29, 1.82) is 0 Å². The van der Waals surface area contributed by atoms with E-state index in [9.17, 15) is 9.59 Å². The minimum atomic E-state index is -0.304. The summed E-state index contributed by atoms with van der Waals surface area (Å²) in [6.45, 7) is 1.07. The lowest BCUT2D eigenvalue weighted by molar-refractivity contribution is -0.931. The van der Waals surface area contributed by atoms with Crippen molar-refractivity contribution in [1.82, 2.24) is 4.90 Å². The van der Waals surface area contributed by atoms with E-state index >= 15 is 0 Å². The number of quaternary nitrogens is 1. The van der Waals surface area contributed by atoms with Gasteiger partial charge in [0.2, 0.25) is 0 Å². The van der Waals surface area contributed by atoms with Crippen LogP contribution in [0.1, 0.15) is 39.1 Å². The number of nitrogens with zero attached hydrogens (tertiary/aromatic N) is 1. The fourth-order valence-corrected chi connectivity index (χ4v) is 3.78. The molecular weight excluding hydrogens is 387 g/mol. The van der Waals surface area contributed by atoms with Crippen molar-refractivity contribution in [3.8, 4) is 5.75 Å². The average Bonchev–Trinajstić information content (AvgIpc) is 3.48. The SMILES string of the molecule is COc1ccc(C[NH+](CN2C(=O)c3cc(Cl)c(Cl)cc3C2=O)C2CC2)cc1. The Morgan fingerprint density at radius 2 is 1.59 bits per heavy atom. The minimum absolute atomic E-state index is 0.281. The number of benzene rings is 2. The van der Waals surface area contributed by atoms with Crippen LogP contribution in [-0.4, -0.2) is 36.5 Å². The summed E-state index contributed by atoms with van der Waals surface area (Å²) >= 11 is 12.0. The molecule has 0 bridgehead atoms. The molecule has 1 aliphatic heterocycles. The lowest BCUT2D eigenvalue weighted by Gasteiger charge is -2.24. The molecule has 1 N–H and O–H groups in total. The average molecular weight is 406 g/mol. The van der Waals surface area contributed by atoms with Gasteiger partial charge >= 0.3 is 0 Å². The van der Waals surface area contributed by atoms with Crippen LogP contribution in [0.5, 0.6) is 5.75 Å². The molecule has 0 saturated heterocycles. The van der Waals surface area contributed by atoms with E-state index in [-0.39, 0.29) is 21.9 Å². The van der Waals surface area contributed by atoms with Crippen LogP contribution in [0.15, 0.2) is 36.4 Å². The first-order valence-electron chi connectivity index (χ1n) is 8.80. The normalized spacial score (nSPS) is 17.2. The van der Waals surface area contributed by atoms with Crippen LogP contribution >= 0.6 is 23.2 Å². The molecule has 0 radical (unpaired) electrons. The smallest absolute Gasteiger partial charge is 0.266 e. The lowest BCUT2D eigenvalue weighted by atomic mass is 10.1. The number of imide groups is 1. The first kappa shape index (κ1) is 18.3. The zero-order valence-electron chi connectivity index (χ0n) is 14.8. The van der Waals surface area contributed by atoms with Crippen molar-refractivity contribution in [3.63, 3.8) is 0 Å². The lowest BCUT2D eigenvalue weighted by Crippen LogP contribution is -3.13. The molecule has 1 atom stereocenters. The van der Waals surface area contributed by atoms with Gasteiger partial charge in [-0.15, -0.1) is 0 Å². The standard InChI is InChI=1S/C20H18Cl2N2O3/c1-27-14-6-2-12(3-7-14)10-23(13-4-5-13)11-24-19(25)15-8-17(21)18(22)9-16(15)20(24)26/h2-3,6-9,13H,4-5,10-11H2,1H3/p+1. The topological polar surface area (TPSA) is 51.1 Å². The Kier molecular flexibility index (Phi) is 4.84. The van der Waals surface area contributed by atoms with Gasteiger partial charge < -0.3 is 9.64 Å². The molecule has 2 aliphatic rings. The molecule has 0 spiro atoms. The number of halogens is 2. The van der Waals surface area contributed by atoms with Gasteiger partial charge in [0.15, 0.2) is 6.67 Å². The van der Waals surface area contributed by atoms with Crippen molar-refractivity contribution in [2.75, 3.05) is 13.8 Å². The molecule has 1 saturated carbocycles. The second kappa shape index (κ2) is 7.15. The van der Waals surface area contributed by atoms with E-state index in [0.29, 0.717) is 23.8 Å². The van der Waals surface area contributed by atoms with E-state index in [4.69, 9.17) is 27.9 Å². The molecule has 27 heavy (non-hydrogen) atoms. The molecule has 0 aromatic heterocycles. The van der Waals surface area contributed by atoms with E-state index in [0.717, 1.165) is 30.7 Å². The summed E-state index contributed by atoms with van der Waals surface area (Å²) in [5, 5.41) is 0.561. The third kappa shape index (κ3) is 3.55. The number of carbonyl (C=O) groups is 2. The fraction of sp³-hybridized carbons (Fsp3) is 0.300. The van der Waals surface area contributed by atoms with E-state index in [1.807, 2.05) is 24.3 Å². The van der Waals surface area contributed by atoms with E-state index < -0.39 is 0 Å². The predicted molar refractivity (Wildman–Crippen MR) is 103 cm³/mol. The highest BCUT2D eigenvalue weighted by molar-refractivity contribution is 6.43. The van der Waals surface area contributed by atoms with Crippen molar-refractivity contribution in [2.45, 2.75) is 25.4 Å². The van der Waals surface area contributed by atoms with Gasteiger partial charge in [0.05, 0.1) is 34.3 Å². The van der Waals surface area contributed by atoms with Gasteiger partial charge in [-0.1, -0.05) is 23.2 Å². The van der Waals surface area contributed by atoms with Crippen LogP contribution in [0.2, 0.25) is 10.0 Å². The van der Waals surface area contributed by atoms with Crippen LogP contribution < -0.4 is 9.64 Å². The summed E-state index contributed by atoms with van der Waals surface area (Å²) in [6, 6.07) is 11.3. The largest absolute Gasteiger partial charge is 0.497 e. The first-order valence-corrected chi connectivity index (χ1v) is 9.56. The van der Waals surface area contributed by atoms with Crippen LogP contribution in [-0.2, 0) is 6.54 Å². The number of hydrogen-bond donors (Lipinski definition) is 1. The number of methoxy groups -OCH3 is 1. The summed E-state index contributed by atoms with van der Waals surface area (Å²) in [5.41, 5.74) is 1.79.